The van der Waals surface area contributed by atoms with Crippen LogP contribution in [0.5, 0.6) is 5.75 Å². The number of benzene rings is 1. The summed E-state index contributed by atoms with van der Waals surface area (Å²) in [6, 6.07) is 5.47. The Kier molecular flexibility index (Phi) is 5.45. The Morgan fingerprint density at radius 3 is 2.67 bits per heavy atom. The first-order chi connectivity index (χ1) is 10.1. The molecule has 0 saturated carbocycles. The number of nitrogens with one attached hydrogen (secondary N) is 2. The minimum absolute atomic E-state index is 0.0709. The Bertz CT molecular complexity index is 502. The highest BCUT2D eigenvalue weighted by Gasteiger charge is 2.39. The van der Waals surface area contributed by atoms with E-state index >= 15 is 0 Å². The number of methoxy groups -OCH3 is 2. The fraction of sp³-hybridized carbons (Fsp3) is 0.533. The van der Waals surface area contributed by atoms with Crippen molar-refractivity contribution >= 4 is 17.5 Å². The molecular weight excluding hydrogens is 292 g/mol. The van der Waals surface area contributed by atoms with Crippen LogP contribution in [0.25, 0.3) is 0 Å². The van der Waals surface area contributed by atoms with Gasteiger partial charge in [0.1, 0.15) is 11.4 Å². The van der Waals surface area contributed by atoms with Gasteiger partial charge in [-0.25, -0.2) is 0 Å². The summed E-state index contributed by atoms with van der Waals surface area (Å²) < 4.78 is 10.6. The molecule has 6 heteroatoms. The largest absolute Gasteiger partial charge is 0.495 e. The maximum absolute atomic E-state index is 12.4. The van der Waals surface area contributed by atoms with E-state index in [2.05, 4.69) is 10.6 Å². The van der Waals surface area contributed by atoms with Gasteiger partial charge < -0.3 is 20.1 Å². The molecule has 116 valence electrons. The van der Waals surface area contributed by atoms with E-state index < -0.39 is 5.60 Å². The lowest BCUT2D eigenvalue weighted by molar-refractivity contribution is -0.146. The van der Waals surface area contributed by atoms with Gasteiger partial charge in [0.2, 0.25) is 0 Å². The van der Waals surface area contributed by atoms with Crippen molar-refractivity contribution in [3.05, 3.63) is 28.8 Å². The summed E-state index contributed by atoms with van der Waals surface area (Å²) in [7, 11) is 3.16. The smallest absolute Gasteiger partial charge is 0.252 e. The minimum atomic E-state index is -0.721. The van der Waals surface area contributed by atoms with Crippen LogP contribution >= 0.6 is 11.6 Å². The van der Waals surface area contributed by atoms with E-state index in [0.717, 1.165) is 18.7 Å². The standard InChI is InChI=1S/C15H21ClN2O3/c1-20-13-4-3-11(9-12(13)16)10-18-14(19)15(21-2)5-7-17-8-6-15/h3-4,9,17H,5-8,10H2,1-2H3,(H,18,19). The number of amides is 1. The van der Waals surface area contributed by atoms with Crippen molar-refractivity contribution in [1.82, 2.24) is 10.6 Å². The summed E-state index contributed by atoms with van der Waals surface area (Å²) in [5.74, 6) is 0.553. The quantitative estimate of drug-likeness (QED) is 0.869. The molecule has 1 aromatic carbocycles. The predicted octanol–water partition coefficient (Wildman–Crippen LogP) is 1.73. The number of hydrogen-bond acceptors (Lipinski definition) is 4. The zero-order valence-electron chi connectivity index (χ0n) is 12.4. The number of rotatable bonds is 5. The third-order valence-electron chi connectivity index (χ3n) is 3.89. The van der Waals surface area contributed by atoms with E-state index in [1.807, 2.05) is 6.07 Å². The van der Waals surface area contributed by atoms with E-state index in [1.165, 1.54) is 0 Å². The van der Waals surface area contributed by atoms with Gasteiger partial charge in [-0.15, -0.1) is 0 Å². The van der Waals surface area contributed by atoms with E-state index in [-0.39, 0.29) is 5.91 Å². The minimum Gasteiger partial charge on any atom is -0.495 e. The molecule has 1 amide bonds. The van der Waals surface area contributed by atoms with E-state index in [1.54, 1.807) is 26.4 Å². The van der Waals surface area contributed by atoms with Crippen LogP contribution in [-0.4, -0.2) is 38.8 Å². The van der Waals surface area contributed by atoms with Crippen LogP contribution in [0.2, 0.25) is 5.02 Å². The lowest BCUT2D eigenvalue weighted by Crippen LogP contribution is -2.53. The highest BCUT2D eigenvalue weighted by atomic mass is 35.5. The van der Waals surface area contributed by atoms with Gasteiger partial charge in [0, 0.05) is 13.7 Å². The summed E-state index contributed by atoms with van der Waals surface area (Å²) in [4.78, 5) is 12.4. The van der Waals surface area contributed by atoms with Gasteiger partial charge in [-0.3, -0.25) is 4.79 Å². The van der Waals surface area contributed by atoms with Crippen LogP contribution in [0, 0.1) is 0 Å². The van der Waals surface area contributed by atoms with E-state index in [9.17, 15) is 4.79 Å². The Balaban J connectivity index is 1.98. The van der Waals surface area contributed by atoms with Gasteiger partial charge in [0.25, 0.3) is 5.91 Å². The van der Waals surface area contributed by atoms with Crippen LogP contribution in [0.4, 0.5) is 0 Å². The molecule has 1 aliphatic heterocycles. The average Bonchev–Trinajstić information content (AvgIpc) is 2.53. The zero-order chi connectivity index (χ0) is 15.3. The van der Waals surface area contributed by atoms with Crippen LogP contribution in [0.3, 0.4) is 0 Å². The fourth-order valence-electron chi connectivity index (χ4n) is 2.52. The predicted molar refractivity (Wildman–Crippen MR) is 81.7 cm³/mol. The molecule has 1 fully saturated rings. The molecule has 2 rings (SSSR count). The van der Waals surface area contributed by atoms with Gasteiger partial charge in [-0.2, -0.15) is 0 Å². The monoisotopic (exact) mass is 312 g/mol. The Hall–Kier alpha value is -1.30. The Morgan fingerprint density at radius 2 is 2.10 bits per heavy atom. The second-order valence-electron chi connectivity index (χ2n) is 5.10. The topological polar surface area (TPSA) is 59.6 Å². The first-order valence-electron chi connectivity index (χ1n) is 6.98. The van der Waals surface area contributed by atoms with Crippen LogP contribution in [0.1, 0.15) is 18.4 Å². The summed E-state index contributed by atoms with van der Waals surface area (Å²) >= 11 is 6.08. The third-order valence-corrected chi connectivity index (χ3v) is 4.18. The lowest BCUT2D eigenvalue weighted by Gasteiger charge is -2.34. The van der Waals surface area contributed by atoms with E-state index in [4.69, 9.17) is 21.1 Å². The molecule has 1 aliphatic rings. The first-order valence-corrected chi connectivity index (χ1v) is 7.36. The van der Waals surface area contributed by atoms with Gasteiger partial charge in [-0.05, 0) is 43.6 Å². The second kappa shape index (κ2) is 7.11. The van der Waals surface area contributed by atoms with E-state index in [0.29, 0.717) is 30.2 Å². The SMILES string of the molecule is COc1ccc(CNC(=O)C2(OC)CCNCC2)cc1Cl. The first kappa shape index (κ1) is 16.1. The molecule has 0 aliphatic carbocycles. The highest BCUT2D eigenvalue weighted by molar-refractivity contribution is 6.32. The molecule has 21 heavy (non-hydrogen) atoms. The van der Waals surface area contributed by atoms with Gasteiger partial charge in [0.15, 0.2) is 0 Å². The maximum Gasteiger partial charge on any atom is 0.252 e. The van der Waals surface area contributed by atoms with Gasteiger partial charge in [-0.1, -0.05) is 17.7 Å². The van der Waals surface area contributed by atoms with Gasteiger partial charge in [0.05, 0.1) is 12.1 Å². The van der Waals surface area contributed by atoms with Crippen molar-refractivity contribution in [2.75, 3.05) is 27.3 Å². The molecule has 0 atom stereocenters. The summed E-state index contributed by atoms with van der Waals surface area (Å²) in [6.07, 6.45) is 1.36. The number of carbonyl (C=O) groups is 1. The van der Waals surface area contributed by atoms with Crippen molar-refractivity contribution in [3.8, 4) is 5.75 Å². The Labute approximate surface area is 130 Å². The fourth-order valence-corrected chi connectivity index (χ4v) is 2.80. The summed E-state index contributed by atoms with van der Waals surface area (Å²) in [5, 5.41) is 6.70. The molecule has 1 saturated heterocycles. The van der Waals surface area contributed by atoms with Gasteiger partial charge >= 0.3 is 0 Å². The molecule has 2 N–H and O–H groups in total. The highest BCUT2D eigenvalue weighted by Crippen LogP contribution is 2.25. The molecule has 1 aromatic rings. The number of ether oxygens (including phenoxy) is 2. The van der Waals surface area contributed by atoms with Crippen LogP contribution in [-0.2, 0) is 16.1 Å². The van der Waals surface area contributed by atoms with Crippen molar-refractivity contribution < 1.29 is 14.3 Å². The molecule has 0 unspecified atom stereocenters. The molecule has 0 radical (unpaired) electrons. The van der Waals surface area contributed by atoms with Crippen LogP contribution < -0.4 is 15.4 Å². The molecule has 0 spiro atoms. The summed E-state index contributed by atoms with van der Waals surface area (Å²) in [5.41, 5.74) is 0.205. The number of piperidine rings is 1. The number of carbonyl (C=O) groups excluding carboxylic acids is 1. The Morgan fingerprint density at radius 1 is 1.38 bits per heavy atom. The number of halogens is 1. The number of hydrogen-bond donors (Lipinski definition) is 2. The third kappa shape index (κ3) is 3.67. The average molecular weight is 313 g/mol. The molecule has 0 aromatic heterocycles. The maximum atomic E-state index is 12.4. The second-order valence-corrected chi connectivity index (χ2v) is 5.51. The molecular formula is C15H21ClN2O3. The molecule has 5 nitrogen and oxygen atoms in total. The van der Waals surface area contributed by atoms with Crippen molar-refractivity contribution in [1.29, 1.82) is 0 Å². The molecule has 0 bridgehead atoms. The lowest BCUT2D eigenvalue weighted by atomic mass is 9.91. The van der Waals surface area contributed by atoms with Crippen molar-refractivity contribution in [2.24, 2.45) is 0 Å². The molecule has 1 heterocycles. The normalized spacial score (nSPS) is 17.3. The zero-order valence-corrected chi connectivity index (χ0v) is 13.1. The summed E-state index contributed by atoms with van der Waals surface area (Å²) in [6.45, 7) is 1.99. The van der Waals surface area contributed by atoms with Crippen LogP contribution in [0.15, 0.2) is 18.2 Å². The van der Waals surface area contributed by atoms with Crippen molar-refractivity contribution in [3.63, 3.8) is 0 Å². The van der Waals surface area contributed by atoms with Crippen molar-refractivity contribution in [2.45, 2.75) is 25.0 Å².